The van der Waals surface area contributed by atoms with Crippen LogP contribution in [0.3, 0.4) is 0 Å². The van der Waals surface area contributed by atoms with Crippen LogP contribution < -0.4 is 5.32 Å². The third-order valence-corrected chi connectivity index (χ3v) is 6.59. The van der Waals surface area contributed by atoms with Gasteiger partial charge >= 0.3 is 6.18 Å². The Hall–Kier alpha value is -3.59. The molecule has 0 aliphatic rings. The Morgan fingerprint density at radius 3 is 2.30 bits per heavy atom. The van der Waals surface area contributed by atoms with E-state index in [9.17, 15) is 27.8 Å². The van der Waals surface area contributed by atoms with Gasteiger partial charge in [0.25, 0.3) is 0 Å². The average Bonchev–Trinajstić information content (AvgIpc) is 3.22. The standard InChI is InChI=1S/C28H29F4N3O2/c1-17-10-18(2)12-20(11-17)35-24-7-5-6-23(21(24)14-34-35)33-16-27(37,28(30,31)32)15-26(3,4)22-13-19(29)8-9-25(22)36/h5-14,33,36-37H,15-16H2,1-4H3. The van der Waals surface area contributed by atoms with Gasteiger partial charge in [-0.25, -0.2) is 9.07 Å². The molecule has 1 aromatic heterocycles. The van der Waals surface area contributed by atoms with Crippen LogP contribution in [0.15, 0.2) is 60.8 Å². The number of nitrogens with one attached hydrogen (secondary N) is 1. The molecule has 1 heterocycles. The van der Waals surface area contributed by atoms with Gasteiger partial charge < -0.3 is 15.5 Å². The molecule has 0 amide bonds. The summed E-state index contributed by atoms with van der Waals surface area (Å²) in [5, 5.41) is 28.9. The van der Waals surface area contributed by atoms with Crippen molar-refractivity contribution in [3.8, 4) is 11.4 Å². The summed E-state index contributed by atoms with van der Waals surface area (Å²) in [6.07, 6.45) is -4.25. The SMILES string of the molecule is Cc1cc(C)cc(-n2ncc3c(NCC(O)(CC(C)(C)c4cc(F)ccc4O)C(F)(F)F)cccc32)c1. The van der Waals surface area contributed by atoms with E-state index in [-0.39, 0.29) is 11.3 Å². The van der Waals surface area contributed by atoms with Gasteiger partial charge in [-0.1, -0.05) is 26.0 Å². The van der Waals surface area contributed by atoms with Crippen molar-refractivity contribution >= 4 is 16.6 Å². The fourth-order valence-electron chi connectivity index (χ4n) is 4.86. The Kier molecular flexibility index (Phi) is 6.71. The molecule has 0 saturated heterocycles. The zero-order chi connectivity index (χ0) is 27.2. The molecular formula is C28H29F4N3O2. The Labute approximate surface area is 212 Å². The van der Waals surface area contributed by atoms with Crippen LogP contribution in [-0.4, -0.2) is 38.3 Å². The van der Waals surface area contributed by atoms with E-state index >= 15 is 0 Å². The first-order valence-electron chi connectivity index (χ1n) is 11.8. The maximum atomic E-state index is 14.2. The van der Waals surface area contributed by atoms with Crippen molar-refractivity contribution in [3.63, 3.8) is 0 Å². The summed E-state index contributed by atoms with van der Waals surface area (Å²) < 4.78 is 58.1. The summed E-state index contributed by atoms with van der Waals surface area (Å²) in [4.78, 5) is 0. The summed E-state index contributed by atoms with van der Waals surface area (Å²) in [5.41, 5.74) is -0.609. The molecular weight excluding hydrogens is 486 g/mol. The molecule has 1 atom stereocenters. The van der Waals surface area contributed by atoms with Crippen molar-refractivity contribution in [2.24, 2.45) is 0 Å². The number of hydrogen-bond donors (Lipinski definition) is 3. The molecule has 0 aliphatic heterocycles. The van der Waals surface area contributed by atoms with Crippen molar-refractivity contribution in [1.29, 1.82) is 0 Å². The second-order valence-electron chi connectivity index (χ2n) is 10.2. The molecule has 196 valence electrons. The first-order valence-corrected chi connectivity index (χ1v) is 11.8. The van der Waals surface area contributed by atoms with E-state index in [1.165, 1.54) is 13.8 Å². The van der Waals surface area contributed by atoms with Crippen molar-refractivity contribution in [2.75, 3.05) is 11.9 Å². The van der Waals surface area contributed by atoms with Gasteiger partial charge in [0.1, 0.15) is 11.6 Å². The van der Waals surface area contributed by atoms with E-state index < -0.39 is 36.0 Å². The summed E-state index contributed by atoms with van der Waals surface area (Å²) in [5.74, 6) is -1.03. The minimum absolute atomic E-state index is 0.0213. The van der Waals surface area contributed by atoms with Gasteiger partial charge in [-0.2, -0.15) is 18.3 Å². The van der Waals surface area contributed by atoms with Crippen LogP contribution in [0.5, 0.6) is 5.75 Å². The number of nitrogens with zero attached hydrogens (tertiary/aromatic N) is 2. The van der Waals surface area contributed by atoms with Gasteiger partial charge in [-0.05, 0) is 79.3 Å². The van der Waals surface area contributed by atoms with Crippen LogP contribution in [0.25, 0.3) is 16.6 Å². The molecule has 4 rings (SSSR count). The number of phenolic OH excluding ortho intramolecular Hbond substituents is 1. The Morgan fingerprint density at radius 2 is 1.65 bits per heavy atom. The number of aromatic hydroxyl groups is 1. The van der Waals surface area contributed by atoms with Crippen LogP contribution >= 0.6 is 0 Å². The molecule has 0 aliphatic carbocycles. The highest BCUT2D eigenvalue weighted by Gasteiger charge is 2.56. The zero-order valence-corrected chi connectivity index (χ0v) is 21.0. The molecule has 5 nitrogen and oxygen atoms in total. The maximum absolute atomic E-state index is 14.2. The fourth-order valence-corrected chi connectivity index (χ4v) is 4.86. The molecule has 4 aromatic rings. The van der Waals surface area contributed by atoms with Gasteiger partial charge in [-0.3, -0.25) is 0 Å². The first kappa shape index (κ1) is 26.5. The number of hydrogen-bond acceptors (Lipinski definition) is 4. The lowest BCUT2D eigenvalue weighted by Gasteiger charge is -2.38. The Morgan fingerprint density at radius 1 is 0.973 bits per heavy atom. The fraction of sp³-hybridized carbons (Fsp3) is 0.321. The molecule has 0 bridgehead atoms. The van der Waals surface area contributed by atoms with Gasteiger partial charge in [0.05, 0.1) is 23.9 Å². The van der Waals surface area contributed by atoms with Crippen molar-refractivity contribution < 1.29 is 27.8 Å². The molecule has 3 aromatic carbocycles. The largest absolute Gasteiger partial charge is 0.508 e. The lowest BCUT2D eigenvalue weighted by Crippen LogP contribution is -2.53. The molecule has 3 N–H and O–H groups in total. The Bertz CT molecular complexity index is 1430. The monoisotopic (exact) mass is 515 g/mol. The molecule has 37 heavy (non-hydrogen) atoms. The van der Waals surface area contributed by atoms with E-state index in [1.54, 1.807) is 23.0 Å². The number of benzene rings is 3. The van der Waals surface area contributed by atoms with E-state index in [1.807, 2.05) is 38.1 Å². The number of anilines is 1. The number of aromatic nitrogens is 2. The number of aryl methyl sites for hydroxylation is 2. The highest BCUT2D eigenvalue weighted by atomic mass is 19.4. The highest BCUT2D eigenvalue weighted by Crippen LogP contribution is 2.43. The molecule has 0 radical (unpaired) electrons. The summed E-state index contributed by atoms with van der Waals surface area (Å²) >= 11 is 0. The smallest absolute Gasteiger partial charge is 0.418 e. The van der Waals surface area contributed by atoms with Crippen molar-refractivity contribution in [3.05, 3.63) is 83.3 Å². The van der Waals surface area contributed by atoms with Crippen LogP contribution in [0.1, 0.15) is 37.0 Å². The van der Waals surface area contributed by atoms with Crippen LogP contribution in [0.2, 0.25) is 0 Å². The predicted octanol–water partition coefficient (Wildman–Crippen LogP) is 6.56. The third-order valence-electron chi connectivity index (χ3n) is 6.59. The molecule has 0 fully saturated rings. The number of phenols is 1. The van der Waals surface area contributed by atoms with Gasteiger partial charge in [0, 0.05) is 16.6 Å². The van der Waals surface area contributed by atoms with Crippen molar-refractivity contribution in [2.45, 2.75) is 51.3 Å². The van der Waals surface area contributed by atoms with Crippen LogP contribution in [0, 0.1) is 19.7 Å². The van der Waals surface area contributed by atoms with Crippen LogP contribution in [-0.2, 0) is 5.41 Å². The quantitative estimate of drug-likeness (QED) is 0.244. The van der Waals surface area contributed by atoms with Gasteiger partial charge in [0.2, 0.25) is 0 Å². The number of aliphatic hydroxyl groups is 1. The average molecular weight is 516 g/mol. The third kappa shape index (κ3) is 5.27. The minimum atomic E-state index is -5.00. The normalized spacial score (nSPS) is 14.1. The van der Waals surface area contributed by atoms with E-state index in [0.717, 1.165) is 35.0 Å². The lowest BCUT2D eigenvalue weighted by molar-refractivity contribution is -0.260. The summed E-state index contributed by atoms with van der Waals surface area (Å²) in [6, 6.07) is 14.2. The summed E-state index contributed by atoms with van der Waals surface area (Å²) in [7, 11) is 0. The number of rotatable bonds is 7. The van der Waals surface area contributed by atoms with Crippen molar-refractivity contribution in [1.82, 2.24) is 9.78 Å². The summed E-state index contributed by atoms with van der Waals surface area (Å²) in [6.45, 7) is 5.93. The number of alkyl halides is 3. The minimum Gasteiger partial charge on any atom is -0.508 e. The lowest BCUT2D eigenvalue weighted by atomic mass is 9.74. The topological polar surface area (TPSA) is 70.3 Å². The highest BCUT2D eigenvalue weighted by molar-refractivity contribution is 5.92. The first-order chi connectivity index (χ1) is 17.2. The second kappa shape index (κ2) is 9.37. The van der Waals surface area contributed by atoms with E-state index in [0.29, 0.717) is 16.6 Å². The molecule has 0 spiro atoms. The van der Waals surface area contributed by atoms with Gasteiger partial charge in [0.15, 0.2) is 5.60 Å². The number of halogens is 4. The van der Waals surface area contributed by atoms with Gasteiger partial charge in [-0.15, -0.1) is 0 Å². The van der Waals surface area contributed by atoms with Crippen LogP contribution in [0.4, 0.5) is 23.2 Å². The predicted molar refractivity (Wildman–Crippen MR) is 136 cm³/mol. The number of fused-ring (bicyclic) bond motifs is 1. The van der Waals surface area contributed by atoms with E-state index in [2.05, 4.69) is 10.4 Å². The van der Waals surface area contributed by atoms with E-state index in [4.69, 9.17) is 0 Å². The second-order valence-corrected chi connectivity index (χ2v) is 10.2. The molecule has 9 heteroatoms. The Balaban J connectivity index is 1.66. The molecule has 0 saturated carbocycles. The maximum Gasteiger partial charge on any atom is 0.418 e. The molecule has 1 unspecified atom stereocenters. The zero-order valence-electron chi connectivity index (χ0n) is 21.0.